The molecule has 0 aliphatic heterocycles. The second kappa shape index (κ2) is 8.19. The average Bonchev–Trinajstić information content (AvgIpc) is 3.07. The van der Waals surface area contributed by atoms with Gasteiger partial charge in [0.05, 0.1) is 18.0 Å². The lowest BCUT2D eigenvalue weighted by Crippen LogP contribution is -2.36. The summed E-state index contributed by atoms with van der Waals surface area (Å²) in [4.78, 5) is 16.2. The number of aromatic nitrogens is 3. The molecule has 0 aliphatic rings. The number of sulfonamides is 1. The smallest absolute Gasteiger partial charge is 0.251 e. The number of aliphatic hydroxyl groups is 1. The lowest BCUT2D eigenvalue weighted by Gasteiger charge is -2.17. The highest BCUT2D eigenvalue weighted by molar-refractivity contribution is 7.89. The van der Waals surface area contributed by atoms with Gasteiger partial charge in [-0.15, -0.1) is 0 Å². The molecule has 0 radical (unpaired) electrons. The quantitative estimate of drug-likeness (QED) is 0.662. The highest BCUT2D eigenvalue weighted by Gasteiger charge is 2.21. The maximum atomic E-state index is 12.4. The first-order valence-electron chi connectivity index (χ1n) is 7.65. The normalized spacial score (nSPS) is 13.0. The van der Waals surface area contributed by atoms with Crippen molar-refractivity contribution in [3.05, 3.63) is 42.5 Å². The number of carbonyl (C=O) groups excluding carboxylic acids is 1. The van der Waals surface area contributed by atoms with Gasteiger partial charge in [0.2, 0.25) is 10.0 Å². The van der Waals surface area contributed by atoms with Crippen molar-refractivity contribution in [2.45, 2.75) is 24.4 Å². The van der Waals surface area contributed by atoms with Crippen LogP contribution in [-0.2, 0) is 16.6 Å². The molecular formula is C15H21N5O4S. The molecule has 1 heterocycles. The fourth-order valence-electron chi connectivity index (χ4n) is 2.20. The number of hydrogen-bond donors (Lipinski definition) is 2. The number of amides is 1. The number of carbonyl (C=O) groups is 1. The molecule has 0 aliphatic carbocycles. The van der Waals surface area contributed by atoms with Crippen LogP contribution in [0, 0.1) is 0 Å². The van der Waals surface area contributed by atoms with Gasteiger partial charge < -0.3 is 10.4 Å². The van der Waals surface area contributed by atoms with E-state index in [1.165, 1.54) is 31.6 Å². The molecule has 1 atom stereocenters. The summed E-state index contributed by atoms with van der Waals surface area (Å²) in [6.45, 7) is 1.96. The summed E-state index contributed by atoms with van der Waals surface area (Å²) in [6, 6.07) is 5.57. The van der Waals surface area contributed by atoms with Crippen molar-refractivity contribution in [3.63, 3.8) is 0 Å². The topological polar surface area (TPSA) is 117 Å². The Labute approximate surface area is 146 Å². The maximum absolute atomic E-state index is 12.4. The standard InChI is InChI=1S/C15H21N5O4S/c1-12(9-20-11-16-10-17-20)18-15(22)13-4-3-5-14(8-13)25(23,24)19(2)6-7-21/h3-5,8,10-12,21H,6-7,9H2,1-2H3,(H,18,22)/t12-/m1/s1. The predicted octanol–water partition coefficient (Wildman–Crippen LogP) is -0.291. The van der Waals surface area contributed by atoms with Crippen molar-refractivity contribution in [2.75, 3.05) is 20.2 Å². The number of aliphatic hydroxyl groups excluding tert-OH is 1. The molecular weight excluding hydrogens is 346 g/mol. The Morgan fingerprint density at radius 3 is 2.84 bits per heavy atom. The van der Waals surface area contributed by atoms with Crippen molar-refractivity contribution < 1.29 is 18.3 Å². The Bertz CT molecular complexity index is 807. The van der Waals surface area contributed by atoms with Crippen LogP contribution in [0.4, 0.5) is 0 Å². The van der Waals surface area contributed by atoms with Crippen molar-refractivity contribution >= 4 is 15.9 Å². The van der Waals surface area contributed by atoms with E-state index in [0.717, 1.165) is 4.31 Å². The highest BCUT2D eigenvalue weighted by atomic mass is 32.2. The number of likely N-dealkylation sites (N-methyl/N-ethyl adjacent to an activating group) is 1. The fraction of sp³-hybridized carbons (Fsp3) is 0.400. The molecule has 1 aromatic carbocycles. The molecule has 2 rings (SSSR count). The van der Waals surface area contributed by atoms with Crippen molar-refractivity contribution in [1.82, 2.24) is 24.4 Å². The molecule has 0 saturated carbocycles. The Kier molecular flexibility index (Phi) is 6.23. The Hall–Kier alpha value is -2.30. The van der Waals surface area contributed by atoms with E-state index < -0.39 is 10.0 Å². The minimum atomic E-state index is -3.76. The molecule has 0 fully saturated rings. The molecule has 0 unspecified atom stereocenters. The summed E-state index contributed by atoms with van der Waals surface area (Å²) in [5.74, 6) is -0.380. The van der Waals surface area contributed by atoms with Gasteiger partial charge in [-0.05, 0) is 25.1 Å². The third-order valence-electron chi connectivity index (χ3n) is 3.52. The summed E-state index contributed by atoms with van der Waals surface area (Å²) >= 11 is 0. The van der Waals surface area contributed by atoms with Gasteiger partial charge in [0.15, 0.2) is 0 Å². The monoisotopic (exact) mass is 367 g/mol. The highest BCUT2D eigenvalue weighted by Crippen LogP contribution is 2.16. The van der Waals surface area contributed by atoms with Crippen molar-refractivity contribution in [3.8, 4) is 0 Å². The Balaban J connectivity index is 2.11. The first-order valence-corrected chi connectivity index (χ1v) is 9.09. The summed E-state index contributed by atoms with van der Waals surface area (Å²) in [5.41, 5.74) is 0.240. The second-order valence-electron chi connectivity index (χ2n) is 5.57. The molecule has 25 heavy (non-hydrogen) atoms. The summed E-state index contributed by atoms with van der Waals surface area (Å²) in [6.07, 6.45) is 2.96. The van der Waals surface area contributed by atoms with Crippen molar-refractivity contribution in [1.29, 1.82) is 0 Å². The molecule has 136 valence electrons. The van der Waals surface area contributed by atoms with Crippen LogP contribution in [0.25, 0.3) is 0 Å². The molecule has 2 N–H and O–H groups in total. The van der Waals surface area contributed by atoms with Gasteiger partial charge in [-0.25, -0.2) is 13.4 Å². The number of benzene rings is 1. The van der Waals surface area contributed by atoms with E-state index >= 15 is 0 Å². The van der Waals surface area contributed by atoms with Crippen molar-refractivity contribution in [2.24, 2.45) is 0 Å². The fourth-order valence-corrected chi connectivity index (χ4v) is 3.41. The molecule has 1 amide bonds. The zero-order valence-corrected chi connectivity index (χ0v) is 14.8. The summed E-state index contributed by atoms with van der Waals surface area (Å²) in [7, 11) is -2.38. The first-order chi connectivity index (χ1) is 11.8. The van der Waals surface area contributed by atoms with Gasteiger partial charge in [-0.3, -0.25) is 9.48 Å². The molecule has 2 aromatic rings. The molecule has 0 saturated heterocycles. The summed E-state index contributed by atoms with van der Waals surface area (Å²) in [5, 5.41) is 15.7. The zero-order chi connectivity index (χ0) is 18.4. The van der Waals surface area contributed by atoms with E-state index in [1.807, 2.05) is 6.92 Å². The van der Waals surface area contributed by atoms with Gasteiger partial charge >= 0.3 is 0 Å². The number of nitrogens with zero attached hydrogens (tertiary/aromatic N) is 4. The largest absolute Gasteiger partial charge is 0.395 e. The average molecular weight is 367 g/mol. The van der Waals surface area contributed by atoms with Crippen LogP contribution in [0.3, 0.4) is 0 Å². The predicted molar refractivity (Wildman–Crippen MR) is 90.3 cm³/mol. The van der Waals surface area contributed by atoms with E-state index in [-0.39, 0.29) is 35.6 Å². The lowest BCUT2D eigenvalue weighted by atomic mass is 10.2. The molecule has 0 bridgehead atoms. The number of hydrogen-bond acceptors (Lipinski definition) is 6. The van der Waals surface area contributed by atoms with Crippen LogP contribution in [0.2, 0.25) is 0 Å². The maximum Gasteiger partial charge on any atom is 0.251 e. The van der Waals surface area contributed by atoms with Gasteiger partial charge in [-0.2, -0.15) is 9.40 Å². The van der Waals surface area contributed by atoms with Crippen LogP contribution in [0.1, 0.15) is 17.3 Å². The van der Waals surface area contributed by atoms with E-state index in [9.17, 15) is 13.2 Å². The third-order valence-corrected chi connectivity index (χ3v) is 5.38. The SMILES string of the molecule is C[C@H](Cn1cncn1)NC(=O)c1cccc(S(=O)(=O)N(C)CCO)c1. The lowest BCUT2D eigenvalue weighted by molar-refractivity contribution is 0.0935. The van der Waals surface area contributed by atoms with Gasteiger partial charge in [0, 0.05) is 25.2 Å². The minimum Gasteiger partial charge on any atom is -0.395 e. The molecule has 9 nitrogen and oxygen atoms in total. The molecule has 1 aromatic heterocycles. The zero-order valence-electron chi connectivity index (χ0n) is 14.0. The van der Waals surface area contributed by atoms with Gasteiger partial charge in [0.25, 0.3) is 5.91 Å². The third kappa shape index (κ3) is 4.84. The molecule has 0 spiro atoms. The number of rotatable bonds is 8. The van der Waals surface area contributed by atoms with E-state index in [4.69, 9.17) is 5.11 Å². The van der Waals surface area contributed by atoms with E-state index in [0.29, 0.717) is 6.54 Å². The number of nitrogens with one attached hydrogen (secondary N) is 1. The molecule has 10 heteroatoms. The van der Waals surface area contributed by atoms with Gasteiger partial charge in [0.1, 0.15) is 12.7 Å². The van der Waals surface area contributed by atoms with Crippen LogP contribution >= 0.6 is 0 Å². The summed E-state index contributed by atoms with van der Waals surface area (Å²) < 4.78 is 27.4. The van der Waals surface area contributed by atoms with E-state index in [1.54, 1.807) is 17.1 Å². The first kappa shape index (κ1) is 19.0. The second-order valence-corrected chi connectivity index (χ2v) is 7.61. The van der Waals surface area contributed by atoms with Crippen LogP contribution in [0.5, 0.6) is 0 Å². The van der Waals surface area contributed by atoms with Gasteiger partial charge in [-0.1, -0.05) is 6.07 Å². The van der Waals surface area contributed by atoms with Crippen LogP contribution in [-0.4, -0.2) is 64.7 Å². The minimum absolute atomic E-state index is 0.0000271. The van der Waals surface area contributed by atoms with E-state index in [2.05, 4.69) is 15.4 Å². The van der Waals surface area contributed by atoms with Crippen LogP contribution in [0.15, 0.2) is 41.8 Å². The Morgan fingerprint density at radius 2 is 2.20 bits per heavy atom. The van der Waals surface area contributed by atoms with Crippen LogP contribution < -0.4 is 5.32 Å². The Morgan fingerprint density at radius 1 is 1.44 bits per heavy atom.